The van der Waals surface area contributed by atoms with E-state index in [1.165, 1.54) is 23.5 Å². The van der Waals surface area contributed by atoms with E-state index in [4.69, 9.17) is 4.74 Å². The number of hydrogen-bond donors (Lipinski definition) is 1. The molecule has 0 atom stereocenters. The van der Waals surface area contributed by atoms with Gasteiger partial charge in [-0.15, -0.1) is 6.58 Å². The molecule has 0 aromatic heterocycles. The van der Waals surface area contributed by atoms with E-state index in [1.807, 2.05) is 20.8 Å². The van der Waals surface area contributed by atoms with Crippen LogP contribution in [0.15, 0.2) is 35.7 Å². The third-order valence-corrected chi connectivity index (χ3v) is 5.18. The van der Waals surface area contributed by atoms with Gasteiger partial charge in [0.15, 0.2) is 0 Å². The zero-order valence-electron chi connectivity index (χ0n) is 13.0. The van der Waals surface area contributed by atoms with Crippen molar-refractivity contribution in [1.82, 2.24) is 4.31 Å². The lowest BCUT2D eigenvalue weighted by atomic mass is 10.1. The summed E-state index contributed by atoms with van der Waals surface area (Å²) in [5.41, 5.74) is -0.141. The molecule has 0 radical (unpaired) electrons. The summed E-state index contributed by atoms with van der Waals surface area (Å²) < 4.78 is 32.1. The molecule has 0 bridgehead atoms. The van der Waals surface area contributed by atoms with Crippen molar-refractivity contribution in [2.75, 3.05) is 13.7 Å². The molecule has 1 N–H and O–H groups in total. The van der Waals surface area contributed by atoms with Crippen molar-refractivity contribution < 1.29 is 18.3 Å². The molecule has 0 aliphatic carbocycles. The number of hydrogen-bond acceptors (Lipinski definition) is 4. The van der Waals surface area contributed by atoms with Gasteiger partial charge in [0.05, 0.1) is 18.6 Å². The van der Waals surface area contributed by atoms with Crippen LogP contribution in [0, 0.1) is 0 Å². The van der Waals surface area contributed by atoms with Crippen molar-refractivity contribution in [3.63, 3.8) is 0 Å². The van der Waals surface area contributed by atoms with Crippen LogP contribution in [-0.2, 0) is 16.6 Å². The van der Waals surface area contributed by atoms with Gasteiger partial charge < -0.3 is 9.84 Å². The summed E-state index contributed by atoms with van der Waals surface area (Å²) >= 11 is 0. The first-order valence-corrected chi connectivity index (χ1v) is 8.04. The zero-order valence-corrected chi connectivity index (χ0v) is 13.8. The number of benzene rings is 1. The summed E-state index contributed by atoms with van der Waals surface area (Å²) in [6.45, 7) is 9.01. The summed E-state index contributed by atoms with van der Waals surface area (Å²) in [4.78, 5) is 0.129. The van der Waals surface area contributed by atoms with E-state index in [0.29, 0.717) is 11.3 Å². The van der Waals surface area contributed by atoms with Crippen molar-refractivity contribution in [2.45, 2.75) is 37.8 Å². The molecule has 118 valence electrons. The molecule has 0 spiro atoms. The molecule has 1 aromatic rings. The smallest absolute Gasteiger partial charge is 0.243 e. The topological polar surface area (TPSA) is 66.8 Å². The third kappa shape index (κ3) is 3.84. The Morgan fingerprint density at radius 2 is 2.00 bits per heavy atom. The van der Waals surface area contributed by atoms with Gasteiger partial charge in [-0.05, 0) is 39.0 Å². The molecular formula is C15H23NO4S. The van der Waals surface area contributed by atoms with E-state index in [9.17, 15) is 13.5 Å². The van der Waals surface area contributed by atoms with Crippen molar-refractivity contribution in [3.8, 4) is 5.75 Å². The van der Waals surface area contributed by atoms with Gasteiger partial charge in [0, 0.05) is 17.6 Å². The largest absolute Gasteiger partial charge is 0.496 e. The highest BCUT2D eigenvalue weighted by molar-refractivity contribution is 7.89. The van der Waals surface area contributed by atoms with Crippen LogP contribution in [-0.4, -0.2) is 37.0 Å². The van der Waals surface area contributed by atoms with Gasteiger partial charge in [0.25, 0.3) is 0 Å². The number of sulfonamides is 1. The van der Waals surface area contributed by atoms with Crippen molar-refractivity contribution in [3.05, 3.63) is 36.4 Å². The monoisotopic (exact) mass is 313 g/mol. The number of methoxy groups -OCH3 is 1. The maximum absolute atomic E-state index is 12.8. The lowest BCUT2D eigenvalue weighted by Gasteiger charge is -2.33. The van der Waals surface area contributed by atoms with Crippen LogP contribution in [0.2, 0.25) is 0 Å². The van der Waals surface area contributed by atoms with Crippen LogP contribution in [0.25, 0.3) is 0 Å². The van der Waals surface area contributed by atoms with Crippen LogP contribution in [0.4, 0.5) is 0 Å². The van der Waals surface area contributed by atoms with Gasteiger partial charge >= 0.3 is 0 Å². The minimum Gasteiger partial charge on any atom is -0.496 e. The van der Waals surface area contributed by atoms with Gasteiger partial charge in [-0.3, -0.25) is 0 Å². The van der Waals surface area contributed by atoms with E-state index >= 15 is 0 Å². The Labute approximate surface area is 126 Å². The molecular weight excluding hydrogens is 290 g/mol. The second kappa shape index (κ2) is 6.60. The maximum atomic E-state index is 12.8. The number of nitrogens with zero attached hydrogens (tertiary/aromatic N) is 1. The lowest BCUT2D eigenvalue weighted by molar-refractivity contribution is 0.268. The van der Waals surface area contributed by atoms with E-state index in [-0.39, 0.29) is 18.0 Å². The SMILES string of the molecule is C=CCN(C(C)(C)C)S(=O)(=O)c1ccc(OC)c(CO)c1. The predicted octanol–water partition coefficient (Wildman–Crippen LogP) is 2.16. The Hall–Kier alpha value is -1.37. The number of aliphatic hydroxyl groups is 1. The first kappa shape index (κ1) is 17.7. The Kier molecular flexibility index (Phi) is 5.55. The zero-order chi connectivity index (χ0) is 16.3. The second-order valence-corrected chi connectivity index (χ2v) is 7.49. The second-order valence-electron chi connectivity index (χ2n) is 5.63. The summed E-state index contributed by atoms with van der Waals surface area (Å²) in [7, 11) is -2.21. The summed E-state index contributed by atoms with van der Waals surface area (Å²) in [5.74, 6) is 0.461. The van der Waals surface area contributed by atoms with Crippen molar-refractivity contribution >= 4 is 10.0 Å². The minimum absolute atomic E-state index is 0.129. The number of rotatable bonds is 6. The average Bonchev–Trinajstić information content (AvgIpc) is 2.42. The van der Waals surface area contributed by atoms with Gasteiger partial charge in [-0.2, -0.15) is 4.31 Å². The quantitative estimate of drug-likeness (QED) is 0.817. The van der Waals surface area contributed by atoms with Crippen LogP contribution in [0.3, 0.4) is 0 Å². The number of ether oxygens (including phenoxy) is 1. The molecule has 0 unspecified atom stereocenters. The fourth-order valence-corrected chi connectivity index (χ4v) is 3.82. The molecule has 1 aromatic carbocycles. The highest BCUT2D eigenvalue weighted by atomic mass is 32.2. The molecule has 0 aliphatic rings. The van der Waals surface area contributed by atoms with Gasteiger partial charge in [0.1, 0.15) is 5.75 Å². The summed E-state index contributed by atoms with van der Waals surface area (Å²) in [5, 5.41) is 9.34. The van der Waals surface area contributed by atoms with E-state index in [1.54, 1.807) is 12.1 Å². The average molecular weight is 313 g/mol. The molecule has 0 amide bonds. The Balaban J connectivity index is 3.38. The summed E-state index contributed by atoms with van der Waals surface area (Å²) in [6, 6.07) is 4.47. The normalized spacial score (nSPS) is 12.5. The first-order chi connectivity index (χ1) is 9.68. The molecule has 0 saturated carbocycles. The lowest BCUT2D eigenvalue weighted by Crippen LogP contribution is -2.45. The minimum atomic E-state index is -3.68. The van der Waals surface area contributed by atoms with Gasteiger partial charge in [-0.1, -0.05) is 6.08 Å². The molecule has 5 nitrogen and oxygen atoms in total. The van der Waals surface area contributed by atoms with Crippen LogP contribution >= 0.6 is 0 Å². The maximum Gasteiger partial charge on any atom is 0.243 e. The Morgan fingerprint density at radius 3 is 2.43 bits per heavy atom. The standard InChI is InChI=1S/C15H23NO4S/c1-6-9-16(15(2,3)4)21(18,19)13-7-8-14(20-5)12(10-13)11-17/h6-8,10,17H,1,9,11H2,2-5H3. The highest BCUT2D eigenvalue weighted by Gasteiger charge is 2.33. The molecule has 1 rings (SSSR count). The van der Waals surface area contributed by atoms with Crippen molar-refractivity contribution in [1.29, 1.82) is 0 Å². The molecule has 0 heterocycles. The highest BCUT2D eigenvalue weighted by Crippen LogP contribution is 2.28. The molecule has 0 saturated heterocycles. The van der Waals surface area contributed by atoms with Crippen LogP contribution < -0.4 is 4.74 Å². The molecule has 0 aliphatic heterocycles. The van der Waals surface area contributed by atoms with Crippen LogP contribution in [0.1, 0.15) is 26.3 Å². The molecule has 0 fully saturated rings. The van der Waals surface area contributed by atoms with E-state index < -0.39 is 15.6 Å². The summed E-state index contributed by atoms with van der Waals surface area (Å²) in [6.07, 6.45) is 1.55. The van der Waals surface area contributed by atoms with Gasteiger partial charge in [-0.25, -0.2) is 8.42 Å². The fraction of sp³-hybridized carbons (Fsp3) is 0.467. The first-order valence-electron chi connectivity index (χ1n) is 6.60. The van der Waals surface area contributed by atoms with Crippen LogP contribution in [0.5, 0.6) is 5.75 Å². The fourth-order valence-electron chi connectivity index (χ4n) is 2.02. The van der Waals surface area contributed by atoms with Crippen molar-refractivity contribution in [2.24, 2.45) is 0 Å². The predicted molar refractivity (Wildman–Crippen MR) is 82.8 cm³/mol. The van der Waals surface area contributed by atoms with E-state index in [2.05, 4.69) is 6.58 Å². The molecule has 6 heteroatoms. The third-order valence-electron chi connectivity index (χ3n) is 3.05. The number of aliphatic hydroxyl groups excluding tert-OH is 1. The Morgan fingerprint density at radius 1 is 1.38 bits per heavy atom. The van der Waals surface area contributed by atoms with Gasteiger partial charge in [0.2, 0.25) is 10.0 Å². The van der Waals surface area contributed by atoms with E-state index in [0.717, 1.165) is 0 Å². The molecule has 21 heavy (non-hydrogen) atoms. The Bertz CT molecular complexity index is 603.